The SMILES string of the molecule is O.[Al][c]1ccccc1. The normalized spacial score (nSPS) is 7.50. The van der Waals surface area contributed by atoms with E-state index in [4.69, 9.17) is 0 Å². The lowest BCUT2D eigenvalue weighted by Crippen LogP contribution is -1.97. The molecule has 0 fully saturated rings. The van der Waals surface area contributed by atoms with E-state index >= 15 is 0 Å². The van der Waals surface area contributed by atoms with Gasteiger partial charge in [-0.2, -0.15) is 0 Å². The van der Waals surface area contributed by atoms with E-state index < -0.39 is 0 Å². The van der Waals surface area contributed by atoms with Crippen LogP contribution in [0.5, 0.6) is 0 Å². The van der Waals surface area contributed by atoms with Crippen LogP contribution in [0.4, 0.5) is 0 Å². The second-order valence-corrected chi connectivity index (χ2v) is 2.08. The van der Waals surface area contributed by atoms with Crippen LogP contribution in [0.1, 0.15) is 0 Å². The van der Waals surface area contributed by atoms with Gasteiger partial charge in [-0.15, -0.1) is 4.43 Å². The topological polar surface area (TPSA) is 31.5 Å². The van der Waals surface area contributed by atoms with Crippen molar-refractivity contribution in [2.75, 3.05) is 0 Å². The number of rotatable bonds is 0. The second kappa shape index (κ2) is 3.68. The zero-order chi connectivity index (χ0) is 5.11. The van der Waals surface area contributed by atoms with Crippen molar-refractivity contribution in [1.82, 2.24) is 0 Å². The predicted octanol–water partition coefficient (Wildman–Crippen LogP) is -0.344. The van der Waals surface area contributed by atoms with Crippen LogP contribution < -0.4 is 4.43 Å². The summed E-state index contributed by atoms with van der Waals surface area (Å²) in [5, 5.41) is 0. The van der Waals surface area contributed by atoms with Crippen LogP contribution >= 0.6 is 0 Å². The maximum absolute atomic E-state index is 2.63. The van der Waals surface area contributed by atoms with E-state index in [0.29, 0.717) is 0 Å². The van der Waals surface area contributed by atoms with Gasteiger partial charge in [0.2, 0.25) is 0 Å². The highest BCUT2D eigenvalue weighted by Gasteiger charge is 1.71. The van der Waals surface area contributed by atoms with E-state index in [0.717, 1.165) is 0 Å². The molecule has 0 atom stereocenters. The lowest BCUT2D eigenvalue weighted by atomic mass is 10.4. The summed E-state index contributed by atoms with van der Waals surface area (Å²) in [6.07, 6.45) is 0. The molecule has 2 heteroatoms. The first-order chi connectivity index (χ1) is 3.39. The molecule has 2 N–H and O–H groups in total. The summed E-state index contributed by atoms with van der Waals surface area (Å²) >= 11 is 2.63. The highest BCUT2D eigenvalue weighted by Crippen LogP contribution is 1.76. The molecule has 0 saturated carbocycles. The summed E-state index contributed by atoms with van der Waals surface area (Å²) < 4.78 is 1.24. The monoisotopic (exact) mass is 122 g/mol. The standard InChI is InChI=1S/C6H5.Al.H2O/c1-2-4-6-5-3-1;;/h1-5H;;1H2. The largest absolute Gasteiger partial charge is 0.412 e. The smallest absolute Gasteiger partial charge is 0.175 e. The first-order valence-corrected chi connectivity index (χ1v) is 2.78. The van der Waals surface area contributed by atoms with Crippen molar-refractivity contribution in [3.05, 3.63) is 30.3 Å². The molecule has 0 aliphatic heterocycles. The second-order valence-electron chi connectivity index (χ2n) is 1.41. The van der Waals surface area contributed by atoms with Crippen molar-refractivity contribution < 1.29 is 5.48 Å². The molecule has 0 aromatic heterocycles. The Labute approximate surface area is 57.1 Å². The van der Waals surface area contributed by atoms with Gasteiger partial charge in [0.25, 0.3) is 0 Å². The summed E-state index contributed by atoms with van der Waals surface area (Å²) in [7, 11) is 0. The molecule has 0 saturated heterocycles. The Balaban J connectivity index is 0.000000490. The molecule has 1 nitrogen and oxygen atoms in total. The summed E-state index contributed by atoms with van der Waals surface area (Å²) in [5.41, 5.74) is 0. The van der Waals surface area contributed by atoms with Crippen molar-refractivity contribution in [3.8, 4) is 0 Å². The molecule has 0 bridgehead atoms. The molecular formula is C6H7AlO. The molecule has 0 unspecified atom stereocenters. The fraction of sp³-hybridized carbons (Fsp3) is 0. The van der Waals surface area contributed by atoms with Gasteiger partial charge in [-0.05, 0) is 0 Å². The Bertz CT molecular complexity index is 138. The average Bonchev–Trinajstić information content (AvgIpc) is 1.69. The summed E-state index contributed by atoms with van der Waals surface area (Å²) in [4.78, 5) is 0. The molecule has 0 heterocycles. The molecular weight excluding hydrogens is 115 g/mol. The predicted molar refractivity (Wildman–Crippen MR) is 35.4 cm³/mol. The first kappa shape index (κ1) is 7.71. The van der Waals surface area contributed by atoms with Crippen molar-refractivity contribution in [2.45, 2.75) is 0 Å². The lowest BCUT2D eigenvalue weighted by molar-refractivity contribution is 0.824. The molecule has 0 amide bonds. The van der Waals surface area contributed by atoms with E-state index in [1.807, 2.05) is 30.3 Å². The molecule has 1 aromatic rings. The van der Waals surface area contributed by atoms with Gasteiger partial charge in [0, 0.05) is 0 Å². The van der Waals surface area contributed by atoms with E-state index in [-0.39, 0.29) is 5.48 Å². The van der Waals surface area contributed by atoms with Crippen LogP contribution in [-0.4, -0.2) is 21.8 Å². The highest BCUT2D eigenvalue weighted by molar-refractivity contribution is 6.32. The minimum atomic E-state index is 0. The first-order valence-electron chi connectivity index (χ1n) is 2.20. The van der Waals surface area contributed by atoms with Crippen LogP contribution in [0, 0.1) is 0 Å². The number of benzene rings is 1. The molecule has 1 aromatic carbocycles. The molecule has 2 radical (unpaired) electrons. The van der Waals surface area contributed by atoms with E-state index in [9.17, 15) is 0 Å². The maximum atomic E-state index is 2.63. The Morgan fingerprint density at radius 1 is 1.00 bits per heavy atom. The van der Waals surface area contributed by atoms with Gasteiger partial charge in [-0.25, -0.2) is 0 Å². The van der Waals surface area contributed by atoms with Crippen molar-refractivity contribution in [1.29, 1.82) is 0 Å². The minimum Gasteiger partial charge on any atom is -0.412 e. The highest BCUT2D eigenvalue weighted by atomic mass is 27.0. The van der Waals surface area contributed by atoms with Crippen molar-refractivity contribution in [3.63, 3.8) is 0 Å². The van der Waals surface area contributed by atoms with Gasteiger partial charge in [0.05, 0.1) is 0 Å². The van der Waals surface area contributed by atoms with Crippen molar-refractivity contribution in [2.24, 2.45) is 0 Å². The van der Waals surface area contributed by atoms with Crippen LogP contribution in [0.15, 0.2) is 30.3 Å². The lowest BCUT2D eigenvalue weighted by Gasteiger charge is -1.84. The third-order valence-electron chi connectivity index (χ3n) is 0.800. The number of hydrogen-bond donors (Lipinski definition) is 0. The van der Waals surface area contributed by atoms with E-state index in [1.165, 1.54) is 4.43 Å². The molecule has 8 heavy (non-hydrogen) atoms. The van der Waals surface area contributed by atoms with Crippen LogP contribution in [0.2, 0.25) is 0 Å². The third-order valence-corrected chi connectivity index (χ3v) is 1.18. The van der Waals surface area contributed by atoms with Crippen LogP contribution in [0.3, 0.4) is 0 Å². The van der Waals surface area contributed by atoms with E-state index in [1.54, 1.807) is 0 Å². The summed E-state index contributed by atoms with van der Waals surface area (Å²) in [6.45, 7) is 0. The number of hydrogen-bond acceptors (Lipinski definition) is 0. The third kappa shape index (κ3) is 2.13. The molecule has 0 aliphatic carbocycles. The molecule has 0 aliphatic rings. The molecule has 0 spiro atoms. The Kier molecular flexibility index (Phi) is 3.55. The van der Waals surface area contributed by atoms with Gasteiger partial charge in [0.1, 0.15) is 0 Å². The Morgan fingerprint density at radius 2 is 1.50 bits per heavy atom. The van der Waals surface area contributed by atoms with Gasteiger partial charge in [0.15, 0.2) is 16.3 Å². The van der Waals surface area contributed by atoms with Gasteiger partial charge < -0.3 is 5.48 Å². The molecule has 40 valence electrons. The summed E-state index contributed by atoms with van der Waals surface area (Å²) in [5.74, 6) is 0. The molecule has 1 rings (SSSR count). The average molecular weight is 122 g/mol. The Morgan fingerprint density at radius 3 is 1.75 bits per heavy atom. The maximum Gasteiger partial charge on any atom is 0.175 e. The van der Waals surface area contributed by atoms with Crippen molar-refractivity contribution >= 4 is 20.7 Å². The fourth-order valence-corrected chi connectivity index (χ4v) is 0.675. The van der Waals surface area contributed by atoms with Crippen LogP contribution in [-0.2, 0) is 0 Å². The summed E-state index contributed by atoms with van der Waals surface area (Å²) in [6, 6.07) is 10.1. The zero-order valence-corrected chi connectivity index (χ0v) is 5.62. The van der Waals surface area contributed by atoms with Gasteiger partial charge in [-0.1, -0.05) is 30.3 Å². The van der Waals surface area contributed by atoms with Crippen LogP contribution in [0.25, 0.3) is 0 Å². The zero-order valence-electron chi connectivity index (χ0n) is 4.46. The quantitative estimate of drug-likeness (QED) is 0.421. The van der Waals surface area contributed by atoms with Gasteiger partial charge in [-0.3, -0.25) is 0 Å². The fourth-order valence-electron chi connectivity index (χ4n) is 0.453. The van der Waals surface area contributed by atoms with Gasteiger partial charge >= 0.3 is 0 Å². The minimum absolute atomic E-state index is 0. The van der Waals surface area contributed by atoms with E-state index in [2.05, 4.69) is 16.3 Å². The Hall–Kier alpha value is -0.288.